The van der Waals surface area contributed by atoms with Crippen molar-refractivity contribution in [3.8, 4) is 5.75 Å². The molecule has 0 radical (unpaired) electrons. The molecule has 202 valence electrons. The van der Waals surface area contributed by atoms with E-state index in [9.17, 15) is 36.0 Å². The summed E-state index contributed by atoms with van der Waals surface area (Å²) in [5, 5.41) is 3.02. The summed E-state index contributed by atoms with van der Waals surface area (Å²) >= 11 is 3.38. The first-order valence-corrected chi connectivity index (χ1v) is 13.0. The fourth-order valence-electron chi connectivity index (χ4n) is 3.37. The molecule has 0 aliphatic carbocycles. The van der Waals surface area contributed by atoms with Crippen molar-refractivity contribution in [1.29, 1.82) is 0 Å². The minimum Gasteiger partial charge on any atom is -0.486 e. The van der Waals surface area contributed by atoms with Crippen molar-refractivity contribution >= 4 is 49.9 Å². The number of sulfone groups is 1. The molecule has 1 fully saturated rings. The summed E-state index contributed by atoms with van der Waals surface area (Å²) in [6.07, 6.45) is 1.31. The smallest absolute Gasteiger partial charge is 0.486 e. The molecular formula is C23H25BrF3N3O6S. The van der Waals surface area contributed by atoms with Gasteiger partial charge in [0.05, 0.1) is 10.5 Å². The van der Waals surface area contributed by atoms with Gasteiger partial charge in [-0.1, -0.05) is 15.9 Å². The highest BCUT2D eigenvalue weighted by Crippen LogP contribution is 2.31. The number of carbonyl (C=O) groups excluding carboxylic acids is 3. The van der Waals surface area contributed by atoms with Crippen molar-refractivity contribution < 1.29 is 40.7 Å². The molecule has 1 heterocycles. The highest BCUT2D eigenvalue weighted by molar-refractivity contribution is 9.10. The van der Waals surface area contributed by atoms with Gasteiger partial charge in [0.25, 0.3) is 15.7 Å². The molecule has 2 aromatic rings. The summed E-state index contributed by atoms with van der Waals surface area (Å²) in [4.78, 5) is 36.7. The number of aldehydes is 2. The third-order valence-corrected chi connectivity index (χ3v) is 7.27. The van der Waals surface area contributed by atoms with Gasteiger partial charge < -0.3 is 24.6 Å². The molecule has 37 heavy (non-hydrogen) atoms. The number of nitrogens with one attached hydrogen (secondary N) is 1. The molecule has 1 amide bonds. The second kappa shape index (κ2) is 13.0. The largest absolute Gasteiger partial charge is 0.501 e. The molecule has 1 atom stereocenters. The topological polar surface area (TPSA) is 113 Å². The van der Waals surface area contributed by atoms with E-state index in [0.29, 0.717) is 24.9 Å². The molecule has 1 unspecified atom stereocenters. The minimum absolute atomic E-state index is 0.109. The number of likely N-dealkylation sites (N-methyl/N-ethyl adjacent to an activating group) is 1. The lowest BCUT2D eigenvalue weighted by Gasteiger charge is -2.37. The molecule has 1 aliphatic heterocycles. The molecule has 1 saturated heterocycles. The van der Waals surface area contributed by atoms with Crippen molar-refractivity contribution in [2.24, 2.45) is 0 Å². The van der Waals surface area contributed by atoms with E-state index in [4.69, 9.17) is 4.74 Å². The zero-order valence-corrected chi connectivity index (χ0v) is 22.3. The fourth-order valence-corrected chi connectivity index (χ4v) is 4.49. The molecule has 1 N–H and O–H groups in total. The Bertz CT molecular complexity index is 1210. The van der Waals surface area contributed by atoms with Crippen molar-refractivity contribution in [1.82, 2.24) is 9.80 Å². The van der Waals surface area contributed by atoms with Crippen LogP contribution in [0.2, 0.25) is 0 Å². The van der Waals surface area contributed by atoms with Gasteiger partial charge in [0.15, 0.2) is 6.29 Å². The number of amides is 1. The van der Waals surface area contributed by atoms with E-state index in [1.54, 1.807) is 18.0 Å². The van der Waals surface area contributed by atoms with Crippen molar-refractivity contribution in [2.75, 3.05) is 45.7 Å². The monoisotopic (exact) mass is 607 g/mol. The average molecular weight is 608 g/mol. The maximum absolute atomic E-state index is 12.7. The van der Waals surface area contributed by atoms with E-state index in [2.05, 4.69) is 26.1 Å². The van der Waals surface area contributed by atoms with Crippen molar-refractivity contribution in [3.05, 3.63) is 52.5 Å². The Kier molecular flexibility index (Phi) is 10.6. The first kappa shape index (κ1) is 30.3. The first-order chi connectivity index (χ1) is 17.3. The molecule has 9 nitrogen and oxygen atoms in total. The number of rotatable bonds is 7. The van der Waals surface area contributed by atoms with E-state index in [0.717, 1.165) is 47.3 Å². The van der Waals surface area contributed by atoms with Gasteiger partial charge in [0.2, 0.25) is 0 Å². The van der Waals surface area contributed by atoms with E-state index >= 15 is 0 Å². The van der Waals surface area contributed by atoms with Gasteiger partial charge in [-0.3, -0.25) is 9.59 Å². The number of carbonyl (C=O) groups is 3. The van der Waals surface area contributed by atoms with Gasteiger partial charge in [-0.2, -0.15) is 13.2 Å². The Morgan fingerprint density at radius 2 is 1.81 bits per heavy atom. The second-order valence-corrected chi connectivity index (χ2v) is 10.7. The maximum Gasteiger partial charge on any atom is 0.501 e. The SMILES string of the molecule is CNc1ccc(Br)cc1C(=O)N1CCN(C)CC1C=O.O=CCOc1ccc(S(=O)(=O)C(F)(F)F)cc1. The number of halogens is 4. The van der Waals surface area contributed by atoms with Crippen LogP contribution in [0.4, 0.5) is 18.9 Å². The molecule has 2 aromatic carbocycles. The van der Waals surface area contributed by atoms with Crippen LogP contribution in [-0.4, -0.2) is 88.6 Å². The van der Waals surface area contributed by atoms with E-state index < -0.39 is 20.2 Å². The van der Waals surface area contributed by atoms with E-state index in [1.807, 2.05) is 19.2 Å². The number of hydrogen-bond donors (Lipinski definition) is 1. The number of alkyl halides is 3. The van der Waals surface area contributed by atoms with Gasteiger partial charge in [0.1, 0.15) is 24.7 Å². The van der Waals surface area contributed by atoms with Crippen LogP contribution in [0.5, 0.6) is 5.75 Å². The number of piperazine rings is 1. The van der Waals surface area contributed by atoms with Crippen LogP contribution >= 0.6 is 15.9 Å². The standard InChI is InChI=1S/C14H18BrN3O2.C9H7F3O4S/c1-16-13-4-3-10(15)7-12(13)14(20)18-6-5-17(2)8-11(18)9-19;10-9(11,12)17(14,15)8-3-1-7(2-4-8)16-6-5-13/h3-4,7,9,11,16H,5-6,8H2,1-2H3;1-5H,6H2. The number of nitrogens with zero attached hydrogens (tertiary/aromatic N) is 2. The Morgan fingerprint density at radius 1 is 1.16 bits per heavy atom. The summed E-state index contributed by atoms with van der Waals surface area (Å²) in [5.74, 6) is -0.000857. The molecule has 3 rings (SSSR count). The van der Waals surface area contributed by atoms with Crippen molar-refractivity contribution in [2.45, 2.75) is 16.4 Å². The van der Waals surface area contributed by atoms with Crippen LogP contribution in [-0.2, 0) is 19.4 Å². The highest BCUT2D eigenvalue weighted by atomic mass is 79.9. The number of hydrogen-bond acceptors (Lipinski definition) is 8. The van der Waals surface area contributed by atoms with Crippen LogP contribution in [0.3, 0.4) is 0 Å². The molecule has 1 aliphatic rings. The van der Waals surface area contributed by atoms with Gasteiger partial charge in [-0.15, -0.1) is 0 Å². The minimum atomic E-state index is -5.34. The van der Waals surface area contributed by atoms with Crippen LogP contribution in [0, 0.1) is 0 Å². The van der Waals surface area contributed by atoms with Gasteiger partial charge >= 0.3 is 5.51 Å². The fraction of sp³-hybridized carbons (Fsp3) is 0.348. The lowest BCUT2D eigenvalue weighted by molar-refractivity contribution is -0.113. The zero-order chi connectivity index (χ0) is 27.8. The quantitative estimate of drug-likeness (QED) is 0.478. The molecule has 0 bridgehead atoms. The number of anilines is 1. The Labute approximate surface area is 220 Å². The van der Waals surface area contributed by atoms with E-state index in [-0.39, 0.29) is 24.3 Å². The summed E-state index contributed by atoms with van der Waals surface area (Å²) < 4.78 is 64.0. The first-order valence-electron chi connectivity index (χ1n) is 10.8. The summed E-state index contributed by atoms with van der Waals surface area (Å²) in [6.45, 7) is 1.66. The van der Waals surface area contributed by atoms with E-state index in [1.165, 1.54) is 0 Å². The maximum atomic E-state index is 12.7. The Balaban J connectivity index is 0.000000264. The average Bonchev–Trinajstić information content (AvgIpc) is 2.87. The lowest BCUT2D eigenvalue weighted by Crippen LogP contribution is -2.54. The highest BCUT2D eigenvalue weighted by Gasteiger charge is 2.46. The molecule has 0 saturated carbocycles. The predicted molar refractivity (Wildman–Crippen MR) is 133 cm³/mol. The molecule has 14 heteroatoms. The lowest BCUT2D eigenvalue weighted by atomic mass is 10.1. The number of benzene rings is 2. The summed E-state index contributed by atoms with van der Waals surface area (Å²) in [7, 11) is -1.61. The zero-order valence-electron chi connectivity index (χ0n) is 19.9. The summed E-state index contributed by atoms with van der Waals surface area (Å²) in [6, 6.07) is 8.75. The van der Waals surface area contributed by atoms with Crippen LogP contribution in [0.25, 0.3) is 0 Å². The van der Waals surface area contributed by atoms with Crippen LogP contribution in [0.1, 0.15) is 10.4 Å². The van der Waals surface area contributed by atoms with Crippen LogP contribution < -0.4 is 10.1 Å². The number of ether oxygens (including phenoxy) is 1. The second-order valence-electron chi connectivity index (χ2n) is 7.80. The molecule has 0 aromatic heterocycles. The molecular weight excluding hydrogens is 583 g/mol. The Hall–Kier alpha value is -2.97. The van der Waals surface area contributed by atoms with Gasteiger partial charge in [0, 0.05) is 36.8 Å². The third-order valence-electron chi connectivity index (χ3n) is 5.28. The Morgan fingerprint density at radius 3 is 2.35 bits per heavy atom. The van der Waals surface area contributed by atoms with Crippen molar-refractivity contribution in [3.63, 3.8) is 0 Å². The molecule has 0 spiro atoms. The van der Waals surface area contributed by atoms with Crippen LogP contribution in [0.15, 0.2) is 51.8 Å². The summed E-state index contributed by atoms with van der Waals surface area (Å²) in [5.41, 5.74) is -3.99. The predicted octanol–water partition coefficient (Wildman–Crippen LogP) is 3.00. The third kappa shape index (κ3) is 7.76. The normalized spacial score (nSPS) is 16.3. The van der Waals surface area contributed by atoms with Gasteiger partial charge in [-0.05, 0) is 49.5 Å². The van der Waals surface area contributed by atoms with Gasteiger partial charge in [-0.25, -0.2) is 8.42 Å².